The number of hydrogen-bond acceptors (Lipinski definition) is 2. The van der Waals surface area contributed by atoms with Gasteiger partial charge in [0.1, 0.15) is 5.82 Å². The zero-order valence-electron chi connectivity index (χ0n) is 11.5. The molecule has 1 N–H and O–H groups in total. The summed E-state index contributed by atoms with van der Waals surface area (Å²) in [6.07, 6.45) is 5.19. The Labute approximate surface area is 133 Å². The molecule has 1 aromatic carbocycles. The maximum absolute atomic E-state index is 11.8. The highest BCUT2D eigenvalue weighted by Gasteiger charge is 2.19. The normalized spacial score (nSPS) is 15.5. The summed E-state index contributed by atoms with van der Waals surface area (Å²) in [6.45, 7) is 0. The van der Waals surface area contributed by atoms with E-state index >= 15 is 0 Å². The molecule has 1 saturated carbocycles. The fraction of sp³-hybridized carbons (Fsp3) is 0.375. The van der Waals surface area contributed by atoms with Gasteiger partial charge in [0.15, 0.2) is 0 Å². The van der Waals surface area contributed by atoms with Gasteiger partial charge in [-0.05, 0) is 30.5 Å². The summed E-state index contributed by atoms with van der Waals surface area (Å²) in [7, 11) is 0. The van der Waals surface area contributed by atoms with Crippen molar-refractivity contribution in [3.05, 3.63) is 61.7 Å². The summed E-state index contributed by atoms with van der Waals surface area (Å²) < 4.78 is 0. The van der Waals surface area contributed by atoms with E-state index in [0.29, 0.717) is 28.2 Å². The molecular weight excluding hydrogens is 307 g/mol. The Morgan fingerprint density at radius 3 is 2.67 bits per heavy atom. The van der Waals surface area contributed by atoms with Crippen molar-refractivity contribution >= 4 is 23.2 Å². The molecule has 110 valence electrons. The summed E-state index contributed by atoms with van der Waals surface area (Å²) in [5, 5.41) is 1.20. The van der Waals surface area contributed by atoms with Gasteiger partial charge in [0, 0.05) is 28.5 Å². The van der Waals surface area contributed by atoms with Crippen molar-refractivity contribution < 1.29 is 0 Å². The summed E-state index contributed by atoms with van der Waals surface area (Å²) in [5.41, 5.74) is 1.73. The zero-order chi connectivity index (χ0) is 14.8. The summed E-state index contributed by atoms with van der Waals surface area (Å²) in [5.74, 6) is 1.08. The van der Waals surface area contributed by atoms with E-state index < -0.39 is 0 Å². The number of nitrogens with one attached hydrogen (secondary N) is 1. The molecule has 1 fully saturated rings. The number of nitrogens with zero attached hydrogens (tertiary/aromatic N) is 1. The average Bonchev–Trinajstić information content (AvgIpc) is 2.95. The molecule has 0 amide bonds. The van der Waals surface area contributed by atoms with E-state index in [1.54, 1.807) is 18.2 Å². The Kier molecular flexibility index (Phi) is 4.32. The molecule has 3 rings (SSSR count). The van der Waals surface area contributed by atoms with E-state index in [1.165, 1.54) is 12.8 Å². The zero-order valence-corrected chi connectivity index (χ0v) is 13.0. The quantitative estimate of drug-likeness (QED) is 0.914. The predicted molar refractivity (Wildman–Crippen MR) is 85.3 cm³/mol. The lowest BCUT2D eigenvalue weighted by Crippen LogP contribution is -2.14. The Balaban J connectivity index is 1.89. The van der Waals surface area contributed by atoms with E-state index in [-0.39, 0.29) is 5.56 Å². The van der Waals surface area contributed by atoms with Gasteiger partial charge in [-0.2, -0.15) is 0 Å². The van der Waals surface area contributed by atoms with Crippen molar-refractivity contribution in [2.75, 3.05) is 0 Å². The summed E-state index contributed by atoms with van der Waals surface area (Å²) in [6, 6.07) is 6.99. The Morgan fingerprint density at radius 2 is 1.95 bits per heavy atom. The SMILES string of the molecule is O=c1cc(C2CCCC2)nc(Cc2ccc(Cl)cc2Cl)[nH]1. The largest absolute Gasteiger partial charge is 0.310 e. The van der Waals surface area contributed by atoms with E-state index in [4.69, 9.17) is 23.2 Å². The number of aromatic nitrogens is 2. The number of aromatic amines is 1. The van der Waals surface area contributed by atoms with Gasteiger partial charge in [-0.25, -0.2) is 4.98 Å². The minimum Gasteiger partial charge on any atom is -0.310 e. The fourth-order valence-electron chi connectivity index (χ4n) is 2.89. The first-order valence-electron chi connectivity index (χ1n) is 7.16. The molecule has 0 bridgehead atoms. The van der Waals surface area contributed by atoms with Crippen LogP contribution >= 0.6 is 23.2 Å². The van der Waals surface area contributed by atoms with Gasteiger partial charge in [-0.1, -0.05) is 42.1 Å². The number of H-pyrrole nitrogens is 1. The van der Waals surface area contributed by atoms with Crippen molar-refractivity contribution in [1.29, 1.82) is 0 Å². The van der Waals surface area contributed by atoms with Crippen molar-refractivity contribution in [2.45, 2.75) is 38.0 Å². The van der Waals surface area contributed by atoms with Crippen LogP contribution in [0.5, 0.6) is 0 Å². The smallest absolute Gasteiger partial charge is 0.251 e. The van der Waals surface area contributed by atoms with E-state index in [9.17, 15) is 4.79 Å². The maximum atomic E-state index is 11.8. The molecule has 5 heteroatoms. The highest BCUT2D eigenvalue weighted by atomic mass is 35.5. The van der Waals surface area contributed by atoms with Crippen molar-refractivity contribution in [1.82, 2.24) is 9.97 Å². The van der Waals surface area contributed by atoms with Crippen LogP contribution in [0.15, 0.2) is 29.1 Å². The van der Waals surface area contributed by atoms with Gasteiger partial charge in [-0.3, -0.25) is 4.79 Å². The van der Waals surface area contributed by atoms with Crippen LogP contribution in [0, 0.1) is 0 Å². The molecule has 1 aliphatic carbocycles. The van der Waals surface area contributed by atoms with E-state index in [1.807, 2.05) is 6.07 Å². The van der Waals surface area contributed by atoms with Crippen LogP contribution in [0.3, 0.4) is 0 Å². The first-order valence-corrected chi connectivity index (χ1v) is 7.91. The van der Waals surface area contributed by atoms with Crippen LogP contribution in [-0.4, -0.2) is 9.97 Å². The van der Waals surface area contributed by atoms with Crippen molar-refractivity contribution in [2.24, 2.45) is 0 Å². The molecule has 1 aliphatic rings. The third-order valence-electron chi connectivity index (χ3n) is 3.96. The Morgan fingerprint density at radius 1 is 1.19 bits per heavy atom. The van der Waals surface area contributed by atoms with Gasteiger partial charge >= 0.3 is 0 Å². The average molecular weight is 323 g/mol. The second kappa shape index (κ2) is 6.20. The van der Waals surface area contributed by atoms with Crippen LogP contribution in [-0.2, 0) is 6.42 Å². The lowest BCUT2D eigenvalue weighted by molar-refractivity contribution is 0.683. The molecule has 0 saturated heterocycles. The second-order valence-electron chi connectivity index (χ2n) is 5.51. The minimum absolute atomic E-state index is 0.0908. The summed E-state index contributed by atoms with van der Waals surface area (Å²) >= 11 is 12.1. The number of benzene rings is 1. The lowest BCUT2D eigenvalue weighted by Gasteiger charge is -2.10. The lowest BCUT2D eigenvalue weighted by atomic mass is 10.0. The summed E-state index contributed by atoms with van der Waals surface area (Å²) in [4.78, 5) is 19.3. The van der Waals surface area contributed by atoms with Gasteiger partial charge in [-0.15, -0.1) is 0 Å². The molecule has 21 heavy (non-hydrogen) atoms. The number of rotatable bonds is 3. The maximum Gasteiger partial charge on any atom is 0.251 e. The van der Waals surface area contributed by atoms with E-state index in [2.05, 4.69) is 9.97 Å². The van der Waals surface area contributed by atoms with Gasteiger partial charge < -0.3 is 4.98 Å². The third-order valence-corrected chi connectivity index (χ3v) is 4.54. The number of halogens is 2. The Hall–Kier alpha value is -1.32. The first kappa shape index (κ1) is 14.6. The topological polar surface area (TPSA) is 45.8 Å². The minimum atomic E-state index is -0.0908. The molecule has 1 heterocycles. The molecule has 3 nitrogen and oxygen atoms in total. The van der Waals surface area contributed by atoms with Crippen LogP contribution in [0.25, 0.3) is 0 Å². The number of hydrogen-bond donors (Lipinski definition) is 1. The monoisotopic (exact) mass is 322 g/mol. The van der Waals surface area contributed by atoms with Crippen LogP contribution in [0.1, 0.15) is 48.7 Å². The molecule has 0 radical (unpaired) electrons. The van der Waals surface area contributed by atoms with Crippen molar-refractivity contribution in [3.8, 4) is 0 Å². The first-order chi connectivity index (χ1) is 10.1. The van der Waals surface area contributed by atoms with Gasteiger partial charge in [0.05, 0.1) is 5.69 Å². The highest BCUT2D eigenvalue weighted by molar-refractivity contribution is 6.35. The van der Waals surface area contributed by atoms with Crippen molar-refractivity contribution in [3.63, 3.8) is 0 Å². The second-order valence-corrected chi connectivity index (χ2v) is 6.35. The molecule has 0 spiro atoms. The van der Waals surface area contributed by atoms with Crippen LogP contribution in [0.4, 0.5) is 0 Å². The van der Waals surface area contributed by atoms with Gasteiger partial charge in [0.25, 0.3) is 5.56 Å². The molecular formula is C16H16Cl2N2O. The van der Waals surface area contributed by atoms with E-state index in [0.717, 1.165) is 24.1 Å². The standard InChI is InChI=1S/C16H16Cl2N2O/c17-12-6-5-11(13(18)8-12)7-15-19-14(9-16(21)20-15)10-3-1-2-4-10/h5-6,8-10H,1-4,7H2,(H,19,20,21). The van der Waals surface area contributed by atoms with Crippen LogP contribution < -0.4 is 5.56 Å². The van der Waals surface area contributed by atoms with Crippen LogP contribution in [0.2, 0.25) is 10.0 Å². The highest BCUT2D eigenvalue weighted by Crippen LogP contribution is 2.32. The fourth-order valence-corrected chi connectivity index (χ4v) is 3.36. The molecule has 1 aromatic heterocycles. The molecule has 0 unspecified atom stereocenters. The molecule has 2 aromatic rings. The predicted octanol–water partition coefficient (Wildman–Crippen LogP) is 4.33. The van der Waals surface area contributed by atoms with Gasteiger partial charge in [0.2, 0.25) is 0 Å². The molecule has 0 aliphatic heterocycles. The molecule has 0 atom stereocenters. The Bertz CT molecular complexity index is 706. The third kappa shape index (κ3) is 3.47.